The molecular formula is C23H17F3N2O6. The predicted octanol–water partition coefficient (Wildman–Crippen LogP) is 6.04. The zero-order valence-electron chi connectivity index (χ0n) is 17.6. The number of hydrogen-bond donors (Lipinski definition) is 1. The predicted molar refractivity (Wildman–Crippen MR) is 116 cm³/mol. The maximum absolute atomic E-state index is 13.3. The summed E-state index contributed by atoms with van der Waals surface area (Å²) in [5.41, 5.74) is -1.70. The normalized spacial score (nSPS) is 11.4. The molecule has 3 aromatic carbocycles. The summed E-state index contributed by atoms with van der Waals surface area (Å²) < 4.78 is 50.5. The number of non-ortho nitro benzene ring substituents is 1. The first-order chi connectivity index (χ1) is 16.1. The highest BCUT2D eigenvalue weighted by Gasteiger charge is 2.31. The number of nitrogens with zero attached hydrogens (tertiary/aromatic N) is 2. The Hall–Kier alpha value is -4.41. The third-order valence-corrected chi connectivity index (χ3v) is 4.45. The smallest absolute Gasteiger partial charge is 0.416 e. The van der Waals surface area contributed by atoms with Crippen molar-refractivity contribution < 1.29 is 37.5 Å². The van der Waals surface area contributed by atoms with E-state index < -0.39 is 22.6 Å². The molecule has 0 aliphatic heterocycles. The van der Waals surface area contributed by atoms with Crippen LogP contribution in [0.15, 0.2) is 65.7 Å². The molecule has 176 valence electrons. The molecular weight excluding hydrogens is 457 g/mol. The van der Waals surface area contributed by atoms with Gasteiger partial charge in [0.05, 0.1) is 17.1 Å². The molecule has 0 saturated carbocycles. The molecule has 0 radical (unpaired) electrons. The van der Waals surface area contributed by atoms with E-state index in [2.05, 4.69) is 4.99 Å². The number of nitro groups is 1. The summed E-state index contributed by atoms with van der Waals surface area (Å²) >= 11 is 0. The van der Waals surface area contributed by atoms with Gasteiger partial charge in [-0.05, 0) is 43.3 Å². The van der Waals surface area contributed by atoms with Crippen LogP contribution >= 0.6 is 0 Å². The second-order valence-corrected chi connectivity index (χ2v) is 6.76. The first-order valence-corrected chi connectivity index (χ1v) is 9.77. The molecule has 0 heterocycles. The molecule has 0 fully saturated rings. The fourth-order valence-corrected chi connectivity index (χ4v) is 2.83. The summed E-state index contributed by atoms with van der Waals surface area (Å²) in [6.07, 6.45) is -3.71. The Balaban J connectivity index is 2.06. The number of aromatic hydroxyl groups is 1. The van der Waals surface area contributed by atoms with Crippen LogP contribution < -0.4 is 4.74 Å². The van der Waals surface area contributed by atoms with Crippen LogP contribution in [0.5, 0.6) is 17.2 Å². The molecule has 3 rings (SSSR count). The lowest BCUT2D eigenvalue weighted by Gasteiger charge is -2.14. The minimum Gasteiger partial charge on any atom is -0.507 e. The SMILES string of the molecule is CCOC(=O)c1ccccc1Oc1ccc(C(F)(F)F)cc1N=Cc1cc([N+](=O)[O-])ccc1O. The number of rotatable bonds is 7. The van der Waals surface area contributed by atoms with Gasteiger partial charge in [-0.15, -0.1) is 0 Å². The number of ether oxygens (including phenoxy) is 2. The monoisotopic (exact) mass is 474 g/mol. The van der Waals surface area contributed by atoms with E-state index in [1.54, 1.807) is 19.1 Å². The number of nitro benzene ring substituents is 1. The number of esters is 1. The molecule has 0 aliphatic carbocycles. The number of phenolic OH excluding ortho intramolecular Hbond substituents is 1. The van der Waals surface area contributed by atoms with Gasteiger partial charge in [0.25, 0.3) is 5.69 Å². The molecule has 0 spiro atoms. The fourth-order valence-electron chi connectivity index (χ4n) is 2.83. The molecule has 8 nitrogen and oxygen atoms in total. The highest BCUT2D eigenvalue weighted by molar-refractivity contribution is 5.92. The Morgan fingerprint density at radius 1 is 1.12 bits per heavy atom. The summed E-state index contributed by atoms with van der Waals surface area (Å²) in [4.78, 5) is 26.5. The number of carbonyl (C=O) groups excluding carboxylic acids is 1. The van der Waals surface area contributed by atoms with E-state index in [1.807, 2.05) is 0 Å². The fraction of sp³-hybridized carbons (Fsp3) is 0.130. The molecule has 0 aromatic heterocycles. The molecule has 3 aromatic rings. The first-order valence-electron chi connectivity index (χ1n) is 9.77. The van der Waals surface area contributed by atoms with E-state index in [0.29, 0.717) is 6.07 Å². The van der Waals surface area contributed by atoms with Gasteiger partial charge in [-0.1, -0.05) is 12.1 Å². The lowest BCUT2D eigenvalue weighted by molar-refractivity contribution is -0.384. The summed E-state index contributed by atoms with van der Waals surface area (Å²) in [5, 5.41) is 20.9. The molecule has 1 N–H and O–H groups in total. The van der Waals surface area contributed by atoms with Crippen molar-refractivity contribution in [2.45, 2.75) is 13.1 Å². The van der Waals surface area contributed by atoms with Gasteiger partial charge < -0.3 is 14.6 Å². The van der Waals surface area contributed by atoms with Crippen LogP contribution in [-0.4, -0.2) is 28.8 Å². The molecule has 0 aliphatic rings. The van der Waals surface area contributed by atoms with E-state index in [4.69, 9.17) is 9.47 Å². The van der Waals surface area contributed by atoms with Crippen molar-refractivity contribution in [1.82, 2.24) is 0 Å². The molecule has 0 amide bonds. The maximum Gasteiger partial charge on any atom is 0.416 e. The molecule has 0 bridgehead atoms. The second-order valence-electron chi connectivity index (χ2n) is 6.76. The van der Waals surface area contributed by atoms with Gasteiger partial charge in [-0.25, -0.2) is 4.79 Å². The largest absolute Gasteiger partial charge is 0.507 e. The Morgan fingerprint density at radius 3 is 2.53 bits per heavy atom. The third kappa shape index (κ3) is 5.68. The van der Waals surface area contributed by atoms with Crippen molar-refractivity contribution in [2.24, 2.45) is 4.99 Å². The van der Waals surface area contributed by atoms with Crippen molar-refractivity contribution >= 4 is 23.6 Å². The number of phenols is 1. The lowest BCUT2D eigenvalue weighted by Crippen LogP contribution is -2.07. The van der Waals surface area contributed by atoms with Crippen LogP contribution in [0.25, 0.3) is 0 Å². The van der Waals surface area contributed by atoms with Gasteiger partial charge in [-0.2, -0.15) is 13.2 Å². The van der Waals surface area contributed by atoms with Crippen LogP contribution in [0.1, 0.15) is 28.4 Å². The zero-order chi connectivity index (χ0) is 24.9. The van der Waals surface area contributed by atoms with Crippen LogP contribution in [0.4, 0.5) is 24.5 Å². The van der Waals surface area contributed by atoms with E-state index in [9.17, 15) is 33.2 Å². The summed E-state index contributed by atoms with van der Waals surface area (Å²) in [6.45, 7) is 1.73. The van der Waals surface area contributed by atoms with Crippen LogP contribution in [0, 0.1) is 10.1 Å². The second kappa shape index (κ2) is 10.0. The summed E-state index contributed by atoms with van der Waals surface area (Å²) in [5.74, 6) is -1.16. The molecule has 0 unspecified atom stereocenters. The minimum atomic E-state index is -4.68. The van der Waals surface area contributed by atoms with Gasteiger partial charge in [-0.3, -0.25) is 15.1 Å². The van der Waals surface area contributed by atoms with E-state index in [-0.39, 0.29) is 46.4 Å². The quantitative estimate of drug-likeness (QED) is 0.193. The van der Waals surface area contributed by atoms with E-state index >= 15 is 0 Å². The standard InChI is InChI=1S/C23H17F3N2O6/c1-2-33-22(30)17-5-3-4-6-20(17)34-21-10-7-15(23(24,25)26)12-18(21)27-13-14-11-16(28(31)32)8-9-19(14)29/h3-13,29H,2H2,1H3. The van der Waals surface area contributed by atoms with Gasteiger partial charge in [0.15, 0.2) is 5.75 Å². The van der Waals surface area contributed by atoms with Crippen molar-refractivity contribution in [3.05, 3.63) is 87.5 Å². The maximum atomic E-state index is 13.3. The Morgan fingerprint density at radius 2 is 1.85 bits per heavy atom. The average molecular weight is 474 g/mol. The van der Waals surface area contributed by atoms with Crippen molar-refractivity contribution in [1.29, 1.82) is 0 Å². The number of benzene rings is 3. The number of alkyl halides is 3. The van der Waals surface area contributed by atoms with Gasteiger partial charge in [0.2, 0.25) is 0 Å². The van der Waals surface area contributed by atoms with E-state index in [0.717, 1.165) is 36.5 Å². The average Bonchev–Trinajstić information content (AvgIpc) is 2.79. The van der Waals surface area contributed by atoms with Crippen LogP contribution in [0.3, 0.4) is 0 Å². The Labute approximate surface area is 191 Å². The van der Waals surface area contributed by atoms with Crippen LogP contribution in [0.2, 0.25) is 0 Å². The summed E-state index contributed by atoms with van der Waals surface area (Å²) in [7, 11) is 0. The topological polar surface area (TPSA) is 111 Å². The summed E-state index contributed by atoms with van der Waals surface area (Å²) in [6, 6.07) is 11.7. The van der Waals surface area contributed by atoms with Crippen molar-refractivity contribution in [2.75, 3.05) is 6.61 Å². The minimum absolute atomic E-state index is 0.0235. The molecule has 34 heavy (non-hydrogen) atoms. The number of halogens is 3. The molecule has 0 atom stereocenters. The highest BCUT2D eigenvalue weighted by atomic mass is 19.4. The zero-order valence-corrected chi connectivity index (χ0v) is 17.6. The number of para-hydroxylation sites is 1. The third-order valence-electron chi connectivity index (χ3n) is 4.45. The van der Waals surface area contributed by atoms with Crippen LogP contribution in [-0.2, 0) is 10.9 Å². The van der Waals surface area contributed by atoms with Gasteiger partial charge in [0.1, 0.15) is 22.7 Å². The Kier molecular flexibility index (Phi) is 7.15. The first kappa shape index (κ1) is 24.2. The Bertz CT molecular complexity index is 1260. The number of carbonyl (C=O) groups is 1. The number of hydrogen-bond acceptors (Lipinski definition) is 7. The van der Waals surface area contributed by atoms with Gasteiger partial charge >= 0.3 is 12.1 Å². The number of aliphatic imine (C=N–C) groups is 1. The van der Waals surface area contributed by atoms with Crippen molar-refractivity contribution in [3.63, 3.8) is 0 Å². The highest BCUT2D eigenvalue weighted by Crippen LogP contribution is 2.39. The van der Waals surface area contributed by atoms with E-state index in [1.165, 1.54) is 12.1 Å². The molecule has 11 heteroatoms. The lowest BCUT2D eigenvalue weighted by atomic mass is 10.1. The van der Waals surface area contributed by atoms with Crippen molar-refractivity contribution in [3.8, 4) is 17.2 Å². The molecule has 0 saturated heterocycles. The van der Waals surface area contributed by atoms with Gasteiger partial charge in [0, 0.05) is 23.9 Å².